The number of amides is 2. The van der Waals surface area contributed by atoms with E-state index in [9.17, 15) is 13.2 Å². The average Bonchev–Trinajstić information content (AvgIpc) is 2.49. The van der Waals surface area contributed by atoms with Crippen LogP contribution in [0.2, 0.25) is 0 Å². The fourth-order valence-corrected chi connectivity index (χ4v) is 2.65. The number of hydrogen-bond donors (Lipinski definition) is 3. The Labute approximate surface area is 106 Å². The lowest BCUT2D eigenvalue weighted by Gasteiger charge is -2.07. The number of anilines is 1. The highest BCUT2D eigenvalue weighted by Crippen LogP contribution is 2.20. The number of nitrogens with zero attached hydrogens (tertiary/aromatic N) is 2. The molecule has 2 amide bonds. The number of urea groups is 1. The Bertz CT molecular complexity index is 549. The van der Waals surface area contributed by atoms with Crippen molar-refractivity contribution < 1.29 is 13.2 Å². The molecule has 0 aromatic carbocycles. The van der Waals surface area contributed by atoms with Gasteiger partial charge in [0.25, 0.3) is 10.0 Å². The van der Waals surface area contributed by atoms with Gasteiger partial charge in [-0.25, -0.2) is 17.9 Å². The van der Waals surface area contributed by atoms with Gasteiger partial charge in [-0.3, -0.25) is 4.68 Å². The van der Waals surface area contributed by atoms with Gasteiger partial charge in [-0.1, -0.05) is 6.92 Å². The fraction of sp³-hybridized carbons (Fsp3) is 0.556. The number of nitrogens with two attached hydrogens (primary N) is 1. The van der Waals surface area contributed by atoms with Crippen LogP contribution in [0.4, 0.5) is 10.6 Å². The van der Waals surface area contributed by atoms with Crippen LogP contribution in [0.15, 0.2) is 4.90 Å². The summed E-state index contributed by atoms with van der Waals surface area (Å²) in [6.07, 6.45) is 0.710. The molecular weight excluding hydrogens is 258 g/mol. The summed E-state index contributed by atoms with van der Waals surface area (Å²) < 4.78 is 27.1. The molecule has 0 aliphatic heterocycles. The van der Waals surface area contributed by atoms with E-state index >= 15 is 0 Å². The molecule has 1 aromatic rings. The quantitative estimate of drug-likeness (QED) is 0.697. The van der Waals surface area contributed by atoms with Gasteiger partial charge in [0.1, 0.15) is 0 Å². The first kappa shape index (κ1) is 14.3. The number of aromatic nitrogens is 2. The van der Waals surface area contributed by atoms with E-state index in [2.05, 4.69) is 10.4 Å². The molecule has 0 radical (unpaired) electrons. The van der Waals surface area contributed by atoms with Crippen molar-refractivity contribution in [2.24, 2.45) is 7.05 Å². The Kier molecular flexibility index (Phi) is 4.17. The predicted octanol–water partition coefficient (Wildman–Crippen LogP) is -0.291. The van der Waals surface area contributed by atoms with E-state index in [0.717, 1.165) is 0 Å². The zero-order valence-electron chi connectivity index (χ0n) is 10.5. The van der Waals surface area contributed by atoms with Crippen LogP contribution in [0.25, 0.3) is 0 Å². The van der Waals surface area contributed by atoms with Gasteiger partial charge in [0.15, 0.2) is 10.7 Å². The van der Waals surface area contributed by atoms with Crippen LogP contribution < -0.4 is 15.8 Å². The number of nitrogen functional groups attached to an aromatic ring is 1. The first-order valence-corrected chi connectivity index (χ1v) is 6.87. The minimum Gasteiger partial charge on any atom is -0.381 e. The molecule has 0 saturated carbocycles. The van der Waals surface area contributed by atoms with Crippen molar-refractivity contribution in [2.45, 2.75) is 25.2 Å². The summed E-state index contributed by atoms with van der Waals surface area (Å²) in [4.78, 5) is 11.2. The van der Waals surface area contributed by atoms with Crippen LogP contribution in [-0.2, 0) is 17.1 Å². The first-order valence-electron chi connectivity index (χ1n) is 5.39. The molecule has 1 heterocycles. The van der Waals surface area contributed by atoms with E-state index in [4.69, 9.17) is 5.73 Å². The zero-order chi connectivity index (χ0) is 13.9. The summed E-state index contributed by atoms with van der Waals surface area (Å²) in [7, 11) is -2.43. The number of hydrogen-bond acceptors (Lipinski definition) is 5. The van der Waals surface area contributed by atoms with Crippen molar-refractivity contribution in [3.8, 4) is 0 Å². The standard InChI is InChI=1S/C9H17N5O3S/c1-4-5-11-9(15)13-18(16,17)7-6(2)14(3)12-8(7)10/h4-5H2,1-3H3,(H2,10,12)(H2,11,13,15). The summed E-state index contributed by atoms with van der Waals surface area (Å²) in [5.41, 5.74) is 5.89. The molecule has 18 heavy (non-hydrogen) atoms. The first-order chi connectivity index (χ1) is 8.29. The number of sulfonamides is 1. The highest BCUT2D eigenvalue weighted by molar-refractivity contribution is 7.90. The van der Waals surface area contributed by atoms with E-state index < -0.39 is 16.1 Å². The Morgan fingerprint density at radius 3 is 2.56 bits per heavy atom. The van der Waals surface area contributed by atoms with Gasteiger partial charge in [0.05, 0.1) is 5.69 Å². The van der Waals surface area contributed by atoms with E-state index in [1.165, 1.54) is 4.68 Å². The van der Waals surface area contributed by atoms with Gasteiger partial charge < -0.3 is 11.1 Å². The molecule has 0 fully saturated rings. The molecule has 1 rings (SSSR count). The molecule has 9 heteroatoms. The molecule has 0 bridgehead atoms. The number of aryl methyl sites for hydroxylation is 1. The molecule has 8 nitrogen and oxygen atoms in total. The Balaban J connectivity index is 2.97. The van der Waals surface area contributed by atoms with Crippen LogP contribution in [0, 0.1) is 6.92 Å². The van der Waals surface area contributed by atoms with Gasteiger partial charge in [-0.2, -0.15) is 5.10 Å². The Morgan fingerprint density at radius 1 is 1.50 bits per heavy atom. The van der Waals surface area contributed by atoms with Gasteiger partial charge in [0.2, 0.25) is 0 Å². The maximum absolute atomic E-state index is 12.0. The van der Waals surface area contributed by atoms with Gasteiger partial charge in [-0.05, 0) is 13.3 Å². The second-order valence-electron chi connectivity index (χ2n) is 3.78. The zero-order valence-corrected chi connectivity index (χ0v) is 11.3. The molecular formula is C9H17N5O3S. The van der Waals surface area contributed by atoms with Crippen LogP contribution >= 0.6 is 0 Å². The molecule has 0 spiro atoms. The molecule has 0 saturated heterocycles. The van der Waals surface area contributed by atoms with Gasteiger partial charge in [-0.15, -0.1) is 0 Å². The highest BCUT2D eigenvalue weighted by atomic mass is 32.2. The van der Waals surface area contributed by atoms with Crippen molar-refractivity contribution in [2.75, 3.05) is 12.3 Å². The topological polar surface area (TPSA) is 119 Å². The van der Waals surface area contributed by atoms with Crippen molar-refractivity contribution in [1.82, 2.24) is 19.8 Å². The molecule has 0 atom stereocenters. The van der Waals surface area contributed by atoms with Crippen molar-refractivity contribution in [3.63, 3.8) is 0 Å². The number of carbonyl (C=O) groups excluding carboxylic acids is 1. The Morgan fingerprint density at radius 2 is 2.11 bits per heavy atom. The molecule has 0 aliphatic carbocycles. The van der Waals surface area contributed by atoms with E-state index in [0.29, 0.717) is 18.7 Å². The predicted molar refractivity (Wildman–Crippen MR) is 66.4 cm³/mol. The third kappa shape index (κ3) is 2.92. The molecule has 0 aliphatic rings. The fourth-order valence-electron chi connectivity index (χ4n) is 1.39. The third-order valence-electron chi connectivity index (χ3n) is 2.34. The van der Waals surface area contributed by atoms with E-state index in [-0.39, 0.29) is 10.7 Å². The summed E-state index contributed by atoms with van der Waals surface area (Å²) >= 11 is 0. The summed E-state index contributed by atoms with van der Waals surface area (Å²) in [6.45, 7) is 3.81. The molecule has 1 aromatic heterocycles. The Hall–Kier alpha value is -1.77. The molecule has 102 valence electrons. The molecule has 4 N–H and O–H groups in total. The lowest BCUT2D eigenvalue weighted by atomic mass is 10.5. The summed E-state index contributed by atoms with van der Waals surface area (Å²) in [5.74, 6) is -0.134. The number of carbonyl (C=O) groups is 1. The maximum Gasteiger partial charge on any atom is 0.328 e. The monoisotopic (exact) mass is 275 g/mol. The van der Waals surface area contributed by atoms with Crippen LogP contribution in [0.1, 0.15) is 19.0 Å². The summed E-state index contributed by atoms with van der Waals surface area (Å²) in [5, 5.41) is 6.20. The van der Waals surface area contributed by atoms with Crippen LogP contribution in [0.5, 0.6) is 0 Å². The van der Waals surface area contributed by atoms with Crippen LogP contribution in [-0.4, -0.2) is 30.8 Å². The second kappa shape index (κ2) is 5.25. The van der Waals surface area contributed by atoms with Crippen molar-refractivity contribution in [1.29, 1.82) is 0 Å². The van der Waals surface area contributed by atoms with Gasteiger partial charge in [0, 0.05) is 13.6 Å². The molecule has 0 unspecified atom stereocenters. The average molecular weight is 275 g/mol. The van der Waals surface area contributed by atoms with E-state index in [1.807, 2.05) is 11.6 Å². The minimum atomic E-state index is -4.00. The maximum atomic E-state index is 12.0. The second-order valence-corrected chi connectivity index (χ2v) is 5.40. The largest absolute Gasteiger partial charge is 0.381 e. The number of rotatable bonds is 4. The number of nitrogens with one attached hydrogen (secondary N) is 2. The van der Waals surface area contributed by atoms with Crippen molar-refractivity contribution in [3.05, 3.63) is 5.69 Å². The smallest absolute Gasteiger partial charge is 0.328 e. The van der Waals surface area contributed by atoms with Crippen molar-refractivity contribution >= 4 is 21.9 Å². The SMILES string of the molecule is CCCNC(=O)NS(=O)(=O)c1c(N)nn(C)c1C. The van der Waals surface area contributed by atoms with Crippen LogP contribution in [0.3, 0.4) is 0 Å². The minimum absolute atomic E-state index is 0.134. The normalized spacial score (nSPS) is 11.3. The van der Waals surface area contributed by atoms with Gasteiger partial charge >= 0.3 is 6.03 Å². The lowest BCUT2D eigenvalue weighted by molar-refractivity contribution is 0.246. The third-order valence-corrected chi connectivity index (χ3v) is 3.83. The highest BCUT2D eigenvalue weighted by Gasteiger charge is 2.26. The summed E-state index contributed by atoms with van der Waals surface area (Å²) in [6, 6.07) is -0.778. The lowest BCUT2D eigenvalue weighted by Crippen LogP contribution is -2.40. The van der Waals surface area contributed by atoms with E-state index in [1.54, 1.807) is 14.0 Å².